The van der Waals surface area contributed by atoms with Crippen molar-refractivity contribution in [3.8, 4) is 0 Å². The molecule has 100 valence electrons. The summed E-state index contributed by atoms with van der Waals surface area (Å²) in [5.74, 6) is -0.268. The highest BCUT2D eigenvalue weighted by Crippen LogP contribution is 2.30. The van der Waals surface area contributed by atoms with E-state index in [1.54, 1.807) is 6.07 Å². The summed E-state index contributed by atoms with van der Waals surface area (Å²) in [5.41, 5.74) is 11.7. The van der Waals surface area contributed by atoms with Crippen LogP contribution in [0.4, 0.5) is 4.39 Å². The molecule has 19 heavy (non-hydrogen) atoms. The molecule has 3 heteroatoms. The fraction of sp³-hybridized carbons (Fsp3) is 0.250. The summed E-state index contributed by atoms with van der Waals surface area (Å²) in [6.45, 7) is 6.18. The van der Waals surface area contributed by atoms with Crippen LogP contribution in [0.15, 0.2) is 34.8 Å². The van der Waals surface area contributed by atoms with Crippen molar-refractivity contribution < 1.29 is 4.39 Å². The molecule has 0 saturated carbocycles. The molecule has 0 aliphatic carbocycles. The lowest BCUT2D eigenvalue weighted by atomic mass is 9.92. The quantitative estimate of drug-likeness (QED) is 0.862. The number of benzene rings is 2. The minimum Gasteiger partial charge on any atom is -0.320 e. The molecule has 0 amide bonds. The standard InChI is InChI=1S/C16H17BrFN/c1-9-6-11(3)13(7-10(9)2)16(19)14-8-12(18)4-5-15(14)17/h4-8,16H,19H2,1-3H3. The zero-order valence-corrected chi connectivity index (χ0v) is 12.9. The Balaban J connectivity index is 2.52. The number of hydrogen-bond donors (Lipinski definition) is 1. The highest BCUT2D eigenvalue weighted by atomic mass is 79.9. The summed E-state index contributed by atoms with van der Waals surface area (Å²) >= 11 is 3.44. The summed E-state index contributed by atoms with van der Waals surface area (Å²) in [4.78, 5) is 0. The predicted molar refractivity (Wildman–Crippen MR) is 80.8 cm³/mol. The minimum atomic E-state index is -0.329. The molecule has 2 rings (SSSR count). The van der Waals surface area contributed by atoms with Gasteiger partial charge < -0.3 is 5.73 Å². The summed E-state index contributed by atoms with van der Waals surface area (Å²) in [7, 11) is 0. The van der Waals surface area contributed by atoms with Gasteiger partial charge in [-0.2, -0.15) is 0 Å². The number of halogens is 2. The number of rotatable bonds is 2. The zero-order valence-electron chi connectivity index (χ0n) is 11.3. The van der Waals surface area contributed by atoms with E-state index in [2.05, 4.69) is 41.9 Å². The van der Waals surface area contributed by atoms with Crippen LogP contribution in [-0.4, -0.2) is 0 Å². The SMILES string of the molecule is Cc1cc(C)c(C(N)c2cc(F)ccc2Br)cc1C. The van der Waals surface area contributed by atoms with Gasteiger partial charge in [-0.1, -0.05) is 28.1 Å². The first-order valence-corrected chi connectivity index (χ1v) is 6.97. The predicted octanol–water partition coefficient (Wildman–Crippen LogP) is 4.56. The van der Waals surface area contributed by atoms with Gasteiger partial charge in [-0.15, -0.1) is 0 Å². The van der Waals surface area contributed by atoms with Crippen molar-refractivity contribution >= 4 is 15.9 Å². The van der Waals surface area contributed by atoms with E-state index in [1.165, 1.54) is 23.3 Å². The van der Waals surface area contributed by atoms with E-state index in [-0.39, 0.29) is 11.9 Å². The molecule has 0 radical (unpaired) electrons. The molecule has 0 saturated heterocycles. The molecule has 1 atom stereocenters. The first-order chi connectivity index (χ1) is 8.90. The molecule has 0 aliphatic rings. The van der Waals surface area contributed by atoms with Crippen molar-refractivity contribution in [3.63, 3.8) is 0 Å². The normalized spacial score (nSPS) is 12.5. The number of hydrogen-bond acceptors (Lipinski definition) is 1. The number of nitrogens with two attached hydrogens (primary N) is 1. The van der Waals surface area contributed by atoms with E-state index in [0.717, 1.165) is 21.2 Å². The average molecular weight is 322 g/mol. The molecule has 1 unspecified atom stereocenters. The maximum Gasteiger partial charge on any atom is 0.123 e. The second-order valence-corrected chi connectivity index (χ2v) is 5.79. The van der Waals surface area contributed by atoms with E-state index in [0.29, 0.717) is 0 Å². The molecule has 0 spiro atoms. The van der Waals surface area contributed by atoms with Crippen LogP contribution in [0, 0.1) is 26.6 Å². The molecule has 2 aromatic rings. The minimum absolute atomic E-state index is 0.268. The highest BCUT2D eigenvalue weighted by molar-refractivity contribution is 9.10. The molecule has 0 bridgehead atoms. The van der Waals surface area contributed by atoms with Crippen LogP contribution in [0.1, 0.15) is 33.9 Å². The Bertz CT molecular complexity index is 622. The van der Waals surface area contributed by atoms with Crippen molar-refractivity contribution in [2.45, 2.75) is 26.8 Å². The lowest BCUT2D eigenvalue weighted by molar-refractivity contribution is 0.623. The lowest BCUT2D eigenvalue weighted by Gasteiger charge is -2.18. The van der Waals surface area contributed by atoms with Gasteiger partial charge in [0.2, 0.25) is 0 Å². The van der Waals surface area contributed by atoms with Gasteiger partial charge in [-0.05, 0) is 66.8 Å². The Morgan fingerprint density at radius 2 is 1.58 bits per heavy atom. The van der Waals surface area contributed by atoms with Crippen molar-refractivity contribution in [2.75, 3.05) is 0 Å². The molecule has 2 N–H and O–H groups in total. The topological polar surface area (TPSA) is 26.0 Å². The van der Waals surface area contributed by atoms with Crippen molar-refractivity contribution in [1.29, 1.82) is 0 Å². The van der Waals surface area contributed by atoms with Gasteiger partial charge in [0, 0.05) is 4.47 Å². The molecule has 0 aliphatic heterocycles. The summed E-state index contributed by atoms with van der Waals surface area (Å²) in [6.07, 6.45) is 0. The van der Waals surface area contributed by atoms with Gasteiger partial charge in [0.1, 0.15) is 5.82 Å². The van der Waals surface area contributed by atoms with Crippen LogP contribution in [0.2, 0.25) is 0 Å². The van der Waals surface area contributed by atoms with Gasteiger partial charge in [-0.3, -0.25) is 0 Å². The van der Waals surface area contributed by atoms with Crippen molar-refractivity contribution in [3.05, 3.63) is 68.4 Å². The van der Waals surface area contributed by atoms with Crippen LogP contribution in [-0.2, 0) is 0 Å². The van der Waals surface area contributed by atoms with Gasteiger partial charge in [0.05, 0.1) is 6.04 Å². The van der Waals surface area contributed by atoms with Crippen LogP contribution >= 0.6 is 15.9 Å². The largest absolute Gasteiger partial charge is 0.320 e. The maximum absolute atomic E-state index is 13.4. The molecule has 0 aromatic heterocycles. The lowest BCUT2D eigenvalue weighted by Crippen LogP contribution is -2.14. The van der Waals surface area contributed by atoms with Crippen LogP contribution in [0.25, 0.3) is 0 Å². The summed E-state index contributed by atoms with van der Waals surface area (Å²) in [5, 5.41) is 0. The molecule has 1 nitrogen and oxygen atoms in total. The van der Waals surface area contributed by atoms with Gasteiger partial charge >= 0.3 is 0 Å². The smallest absolute Gasteiger partial charge is 0.123 e. The van der Waals surface area contributed by atoms with E-state index >= 15 is 0 Å². The third kappa shape index (κ3) is 2.88. The molecule has 0 heterocycles. The van der Waals surface area contributed by atoms with E-state index in [9.17, 15) is 4.39 Å². The fourth-order valence-electron chi connectivity index (χ4n) is 2.24. The Labute approximate surface area is 121 Å². The van der Waals surface area contributed by atoms with E-state index < -0.39 is 0 Å². The van der Waals surface area contributed by atoms with Crippen molar-refractivity contribution in [2.24, 2.45) is 5.73 Å². The third-order valence-electron chi connectivity index (χ3n) is 3.51. The molecular formula is C16H17BrFN. The van der Waals surface area contributed by atoms with Crippen molar-refractivity contribution in [1.82, 2.24) is 0 Å². The third-order valence-corrected chi connectivity index (χ3v) is 4.23. The average Bonchev–Trinajstić information content (AvgIpc) is 2.36. The van der Waals surface area contributed by atoms with Gasteiger partial charge in [-0.25, -0.2) is 4.39 Å². The highest BCUT2D eigenvalue weighted by Gasteiger charge is 2.16. The molecule has 2 aromatic carbocycles. The van der Waals surface area contributed by atoms with Gasteiger partial charge in [0.15, 0.2) is 0 Å². The first-order valence-electron chi connectivity index (χ1n) is 6.18. The van der Waals surface area contributed by atoms with Crippen LogP contribution < -0.4 is 5.73 Å². The fourth-order valence-corrected chi connectivity index (χ4v) is 2.73. The Morgan fingerprint density at radius 1 is 0.947 bits per heavy atom. The first kappa shape index (κ1) is 14.2. The summed E-state index contributed by atoms with van der Waals surface area (Å²) < 4.78 is 14.2. The monoisotopic (exact) mass is 321 g/mol. The zero-order chi connectivity index (χ0) is 14.2. The molecule has 0 fully saturated rings. The van der Waals surface area contributed by atoms with Crippen LogP contribution in [0.5, 0.6) is 0 Å². The second-order valence-electron chi connectivity index (χ2n) is 4.94. The van der Waals surface area contributed by atoms with Gasteiger partial charge in [0.25, 0.3) is 0 Å². The Hall–Kier alpha value is -1.19. The van der Waals surface area contributed by atoms with E-state index in [4.69, 9.17) is 5.73 Å². The van der Waals surface area contributed by atoms with E-state index in [1.807, 2.05) is 6.92 Å². The maximum atomic E-state index is 13.4. The Kier molecular flexibility index (Phi) is 4.07. The summed E-state index contributed by atoms with van der Waals surface area (Å²) in [6, 6.07) is 8.49. The second kappa shape index (κ2) is 5.43. The number of aryl methyl sites for hydroxylation is 3. The Morgan fingerprint density at radius 3 is 2.26 bits per heavy atom. The molecular weight excluding hydrogens is 305 g/mol. The van der Waals surface area contributed by atoms with Crippen LogP contribution in [0.3, 0.4) is 0 Å².